The van der Waals surface area contributed by atoms with Crippen molar-refractivity contribution < 1.29 is 23.2 Å². The SMILES string of the molecule is COc1cc(OC)cc(-c2noc(CCN(Cc3ccco3)C(=O)CCc3ccccc3)n2)c1. The Kier molecular flexibility index (Phi) is 7.60. The Morgan fingerprint density at radius 2 is 1.74 bits per heavy atom. The molecule has 0 N–H and O–H groups in total. The zero-order chi connectivity index (χ0) is 23.8. The zero-order valence-corrected chi connectivity index (χ0v) is 19.3. The lowest BCUT2D eigenvalue weighted by atomic mass is 10.1. The first kappa shape index (κ1) is 23.1. The molecule has 1 amide bonds. The quantitative estimate of drug-likeness (QED) is 0.324. The minimum atomic E-state index is 0.0394. The zero-order valence-electron chi connectivity index (χ0n) is 19.3. The molecular weight excluding hydrogens is 434 g/mol. The molecule has 0 aliphatic rings. The van der Waals surface area contributed by atoms with E-state index in [9.17, 15) is 4.79 Å². The van der Waals surface area contributed by atoms with E-state index in [-0.39, 0.29) is 5.91 Å². The molecular formula is C26H27N3O5. The minimum absolute atomic E-state index is 0.0394. The second-order valence-electron chi connectivity index (χ2n) is 7.74. The molecule has 0 saturated heterocycles. The van der Waals surface area contributed by atoms with Crippen molar-refractivity contribution in [2.24, 2.45) is 0 Å². The summed E-state index contributed by atoms with van der Waals surface area (Å²) in [7, 11) is 3.17. The molecule has 0 aliphatic heterocycles. The highest BCUT2D eigenvalue weighted by atomic mass is 16.5. The van der Waals surface area contributed by atoms with Gasteiger partial charge in [0.05, 0.1) is 27.0 Å². The lowest BCUT2D eigenvalue weighted by Gasteiger charge is -2.21. The van der Waals surface area contributed by atoms with Crippen LogP contribution in [-0.4, -0.2) is 41.7 Å². The molecule has 8 nitrogen and oxygen atoms in total. The highest BCUT2D eigenvalue weighted by molar-refractivity contribution is 5.76. The third kappa shape index (κ3) is 6.04. The van der Waals surface area contributed by atoms with E-state index in [1.54, 1.807) is 31.4 Å². The summed E-state index contributed by atoms with van der Waals surface area (Å²) in [5.41, 5.74) is 1.85. The predicted molar refractivity (Wildman–Crippen MR) is 125 cm³/mol. The molecule has 176 valence electrons. The van der Waals surface area contributed by atoms with Crippen LogP contribution in [-0.2, 0) is 24.2 Å². The molecule has 8 heteroatoms. The van der Waals surface area contributed by atoms with Gasteiger partial charge in [0.25, 0.3) is 0 Å². The van der Waals surface area contributed by atoms with Crippen LogP contribution < -0.4 is 9.47 Å². The van der Waals surface area contributed by atoms with Crippen molar-refractivity contribution in [3.8, 4) is 22.9 Å². The first-order valence-electron chi connectivity index (χ1n) is 11.0. The molecule has 2 heterocycles. The van der Waals surface area contributed by atoms with Crippen LogP contribution in [0.5, 0.6) is 11.5 Å². The maximum atomic E-state index is 13.0. The van der Waals surface area contributed by atoms with Crippen LogP contribution in [0.15, 0.2) is 75.9 Å². The summed E-state index contributed by atoms with van der Waals surface area (Å²) in [6.45, 7) is 0.812. The number of benzene rings is 2. The van der Waals surface area contributed by atoms with Crippen molar-refractivity contribution in [2.45, 2.75) is 25.8 Å². The summed E-state index contributed by atoms with van der Waals surface area (Å²) >= 11 is 0. The first-order valence-corrected chi connectivity index (χ1v) is 11.0. The van der Waals surface area contributed by atoms with Gasteiger partial charge < -0.3 is 23.3 Å². The molecule has 4 rings (SSSR count). The third-order valence-corrected chi connectivity index (χ3v) is 5.42. The van der Waals surface area contributed by atoms with Gasteiger partial charge in [-0.3, -0.25) is 4.79 Å². The summed E-state index contributed by atoms with van der Waals surface area (Å²) in [6.07, 6.45) is 3.11. The second-order valence-corrected chi connectivity index (χ2v) is 7.74. The smallest absolute Gasteiger partial charge is 0.228 e. The number of ether oxygens (including phenoxy) is 2. The average molecular weight is 462 g/mol. The molecule has 0 fully saturated rings. The fourth-order valence-electron chi connectivity index (χ4n) is 3.58. The van der Waals surface area contributed by atoms with E-state index < -0.39 is 0 Å². The molecule has 34 heavy (non-hydrogen) atoms. The summed E-state index contributed by atoms with van der Waals surface area (Å²) in [6, 6.07) is 19.0. The minimum Gasteiger partial charge on any atom is -0.497 e. The lowest BCUT2D eigenvalue weighted by Crippen LogP contribution is -2.32. The molecule has 0 atom stereocenters. The number of hydrogen-bond donors (Lipinski definition) is 0. The van der Waals surface area contributed by atoms with Gasteiger partial charge in [0.2, 0.25) is 17.6 Å². The van der Waals surface area contributed by atoms with Gasteiger partial charge >= 0.3 is 0 Å². The number of aromatic nitrogens is 2. The highest BCUT2D eigenvalue weighted by Crippen LogP contribution is 2.28. The van der Waals surface area contributed by atoms with Gasteiger partial charge in [-0.1, -0.05) is 35.5 Å². The van der Waals surface area contributed by atoms with E-state index in [1.807, 2.05) is 54.6 Å². The van der Waals surface area contributed by atoms with E-state index >= 15 is 0 Å². The molecule has 0 spiro atoms. The topological polar surface area (TPSA) is 90.8 Å². The lowest BCUT2D eigenvalue weighted by molar-refractivity contribution is -0.132. The summed E-state index contributed by atoms with van der Waals surface area (Å²) in [4.78, 5) is 19.3. The predicted octanol–water partition coefficient (Wildman–Crippen LogP) is 4.55. The van der Waals surface area contributed by atoms with Gasteiger partial charge in [-0.25, -0.2) is 0 Å². The normalized spacial score (nSPS) is 10.8. The van der Waals surface area contributed by atoms with Gasteiger partial charge in [0.15, 0.2) is 0 Å². The Morgan fingerprint density at radius 3 is 2.41 bits per heavy atom. The van der Waals surface area contributed by atoms with Gasteiger partial charge in [0, 0.05) is 31.0 Å². The van der Waals surface area contributed by atoms with Crippen molar-refractivity contribution >= 4 is 5.91 Å². The fourth-order valence-corrected chi connectivity index (χ4v) is 3.58. The number of furan rings is 1. The largest absolute Gasteiger partial charge is 0.497 e. The molecule has 2 aromatic carbocycles. The van der Waals surface area contributed by atoms with Crippen LogP contribution in [0.25, 0.3) is 11.4 Å². The van der Waals surface area contributed by atoms with Crippen molar-refractivity contribution in [3.63, 3.8) is 0 Å². The number of nitrogens with zero attached hydrogens (tertiary/aromatic N) is 3. The number of carbonyl (C=O) groups is 1. The van der Waals surface area contributed by atoms with Crippen molar-refractivity contribution in [1.82, 2.24) is 15.0 Å². The van der Waals surface area contributed by atoms with E-state index in [0.29, 0.717) is 55.6 Å². The Labute approximate surface area is 198 Å². The molecule has 0 aliphatic carbocycles. The number of hydrogen-bond acceptors (Lipinski definition) is 7. The van der Waals surface area contributed by atoms with Crippen LogP contribution in [0.4, 0.5) is 0 Å². The van der Waals surface area contributed by atoms with Crippen LogP contribution in [0, 0.1) is 0 Å². The second kappa shape index (κ2) is 11.2. The van der Waals surface area contributed by atoms with Crippen molar-refractivity contribution in [1.29, 1.82) is 0 Å². The van der Waals surface area contributed by atoms with Gasteiger partial charge in [-0.05, 0) is 36.2 Å². The molecule has 0 saturated carbocycles. The summed E-state index contributed by atoms with van der Waals surface area (Å²) in [5.74, 6) is 2.90. The van der Waals surface area contributed by atoms with E-state index in [0.717, 1.165) is 16.9 Å². The van der Waals surface area contributed by atoms with Crippen molar-refractivity contribution in [2.75, 3.05) is 20.8 Å². The first-order chi connectivity index (χ1) is 16.6. The average Bonchev–Trinajstić information content (AvgIpc) is 3.57. The standard InChI is InChI=1S/C26H27N3O5/c1-31-22-15-20(16-23(17-22)32-2)26-27-24(34-28-26)12-13-29(18-21-9-6-14-33-21)25(30)11-10-19-7-4-3-5-8-19/h3-9,14-17H,10-13,18H2,1-2H3. The Hall–Kier alpha value is -4.07. The molecule has 2 aromatic heterocycles. The van der Waals surface area contributed by atoms with Crippen LogP contribution >= 0.6 is 0 Å². The van der Waals surface area contributed by atoms with Crippen LogP contribution in [0.2, 0.25) is 0 Å². The highest BCUT2D eigenvalue weighted by Gasteiger charge is 2.18. The van der Waals surface area contributed by atoms with E-state index in [1.165, 1.54) is 0 Å². The Morgan fingerprint density at radius 1 is 0.971 bits per heavy atom. The Balaban J connectivity index is 1.43. The van der Waals surface area contributed by atoms with Crippen LogP contribution in [0.3, 0.4) is 0 Å². The molecule has 0 radical (unpaired) electrons. The molecule has 0 bridgehead atoms. The van der Waals surface area contributed by atoms with Gasteiger partial charge in [0.1, 0.15) is 17.3 Å². The van der Waals surface area contributed by atoms with E-state index in [2.05, 4.69) is 10.1 Å². The number of aryl methyl sites for hydroxylation is 1. The fraction of sp³-hybridized carbons (Fsp3) is 0.269. The van der Waals surface area contributed by atoms with E-state index in [4.69, 9.17) is 18.4 Å². The number of methoxy groups -OCH3 is 2. The number of amides is 1. The number of rotatable bonds is 11. The summed E-state index contributed by atoms with van der Waals surface area (Å²) < 4.78 is 21.6. The third-order valence-electron chi connectivity index (χ3n) is 5.42. The van der Waals surface area contributed by atoms with Gasteiger partial charge in [-0.15, -0.1) is 0 Å². The number of carbonyl (C=O) groups excluding carboxylic acids is 1. The van der Waals surface area contributed by atoms with Gasteiger partial charge in [-0.2, -0.15) is 4.98 Å². The Bertz CT molecular complexity index is 1170. The summed E-state index contributed by atoms with van der Waals surface area (Å²) in [5, 5.41) is 4.09. The maximum Gasteiger partial charge on any atom is 0.228 e. The van der Waals surface area contributed by atoms with Crippen LogP contribution in [0.1, 0.15) is 23.6 Å². The maximum absolute atomic E-state index is 13.0. The molecule has 0 unspecified atom stereocenters. The van der Waals surface area contributed by atoms with Crippen molar-refractivity contribution in [3.05, 3.63) is 84.1 Å². The molecule has 4 aromatic rings. The monoisotopic (exact) mass is 461 g/mol.